The van der Waals surface area contributed by atoms with E-state index in [9.17, 15) is 0 Å². The second kappa shape index (κ2) is 4.57. The van der Waals surface area contributed by atoms with E-state index in [4.69, 9.17) is 4.74 Å². The summed E-state index contributed by atoms with van der Waals surface area (Å²) in [6.45, 7) is 5.19. The molecular weight excluding hydrogens is 190 g/mol. The highest BCUT2D eigenvalue weighted by Crippen LogP contribution is 2.15. The van der Waals surface area contributed by atoms with Gasteiger partial charge in [-0.25, -0.2) is 9.97 Å². The monoisotopic (exact) mass is 207 g/mol. The Labute approximate surface area is 90.1 Å². The van der Waals surface area contributed by atoms with E-state index < -0.39 is 0 Å². The maximum atomic E-state index is 5.67. The van der Waals surface area contributed by atoms with Crippen LogP contribution in [0.15, 0.2) is 12.4 Å². The van der Waals surface area contributed by atoms with Crippen LogP contribution in [0.4, 0.5) is 0 Å². The number of ether oxygens (including phenoxy) is 1. The molecule has 1 aromatic heterocycles. The minimum Gasteiger partial charge on any atom is -0.472 e. The second-order valence-electron chi connectivity index (χ2n) is 4.13. The Balaban J connectivity index is 1.97. The average Bonchev–Trinajstić information content (AvgIpc) is 2.71. The normalized spacial score (nSPS) is 20.9. The van der Waals surface area contributed by atoms with Gasteiger partial charge >= 0.3 is 0 Å². The molecule has 2 rings (SSSR count). The second-order valence-corrected chi connectivity index (χ2v) is 4.13. The highest BCUT2D eigenvalue weighted by molar-refractivity contribution is 5.13. The predicted octanol–water partition coefficient (Wildman–Crippen LogP) is 1.69. The number of hydrogen-bond donors (Lipinski definition) is 1. The summed E-state index contributed by atoms with van der Waals surface area (Å²) in [5.74, 6) is 1.98. The molecular formula is C11H17N3O. The van der Waals surface area contributed by atoms with E-state index in [0.717, 1.165) is 24.5 Å². The molecule has 1 aromatic rings. The number of nitrogens with zero attached hydrogens (tertiary/aromatic N) is 2. The maximum Gasteiger partial charge on any atom is 0.158 e. The fraction of sp³-hybridized carbons (Fsp3) is 0.636. The summed E-state index contributed by atoms with van der Waals surface area (Å²) in [5.41, 5.74) is 0. The van der Waals surface area contributed by atoms with E-state index in [1.165, 1.54) is 6.42 Å². The van der Waals surface area contributed by atoms with Crippen LogP contribution in [-0.4, -0.2) is 22.7 Å². The van der Waals surface area contributed by atoms with Crippen molar-refractivity contribution >= 4 is 0 Å². The Morgan fingerprint density at radius 1 is 1.40 bits per heavy atom. The lowest BCUT2D eigenvalue weighted by atomic mass is 10.2. The first-order valence-corrected chi connectivity index (χ1v) is 5.47. The van der Waals surface area contributed by atoms with Gasteiger partial charge in [0, 0.05) is 5.92 Å². The van der Waals surface area contributed by atoms with Crippen molar-refractivity contribution in [2.75, 3.05) is 6.54 Å². The molecule has 2 heterocycles. The molecule has 82 valence electrons. The number of hydrogen-bond acceptors (Lipinski definition) is 4. The molecule has 4 nitrogen and oxygen atoms in total. The molecule has 15 heavy (non-hydrogen) atoms. The number of nitrogens with one attached hydrogen (secondary N) is 1. The lowest BCUT2D eigenvalue weighted by molar-refractivity contribution is 0.186. The number of aromatic nitrogens is 2. The van der Waals surface area contributed by atoms with Crippen molar-refractivity contribution in [3.05, 3.63) is 18.2 Å². The van der Waals surface area contributed by atoms with Gasteiger partial charge in [0.2, 0.25) is 0 Å². The molecule has 0 spiro atoms. The molecule has 1 unspecified atom stereocenters. The van der Waals surface area contributed by atoms with Gasteiger partial charge in [0.1, 0.15) is 12.1 Å². The molecule has 1 N–H and O–H groups in total. The molecule has 1 aliphatic heterocycles. The fourth-order valence-electron chi connectivity index (χ4n) is 1.60. The molecule has 1 atom stereocenters. The van der Waals surface area contributed by atoms with Crippen molar-refractivity contribution in [3.63, 3.8) is 0 Å². The Hall–Kier alpha value is -1.16. The van der Waals surface area contributed by atoms with Gasteiger partial charge in [0.15, 0.2) is 5.75 Å². The molecule has 0 aliphatic carbocycles. The highest BCUT2D eigenvalue weighted by atomic mass is 16.5. The van der Waals surface area contributed by atoms with Crippen LogP contribution in [0.1, 0.15) is 38.4 Å². The summed E-state index contributed by atoms with van der Waals surface area (Å²) >= 11 is 0. The van der Waals surface area contributed by atoms with Crippen LogP contribution in [0.25, 0.3) is 0 Å². The molecule has 1 fully saturated rings. The summed E-state index contributed by atoms with van der Waals surface area (Å²) < 4.78 is 5.67. The van der Waals surface area contributed by atoms with E-state index >= 15 is 0 Å². The van der Waals surface area contributed by atoms with Crippen LogP contribution in [0, 0.1) is 0 Å². The largest absolute Gasteiger partial charge is 0.472 e. The van der Waals surface area contributed by atoms with Gasteiger partial charge in [-0.1, -0.05) is 13.8 Å². The topological polar surface area (TPSA) is 47.0 Å². The molecule has 0 saturated carbocycles. The van der Waals surface area contributed by atoms with Gasteiger partial charge in [0.05, 0.1) is 12.4 Å². The zero-order valence-corrected chi connectivity index (χ0v) is 9.23. The smallest absolute Gasteiger partial charge is 0.158 e. The van der Waals surface area contributed by atoms with Gasteiger partial charge in [-0.3, -0.25) is 5.32 Å². The van der Waals surface area contributed by atoms with Crippen LogP contribution >= 0.6 is 0 Å². The first-order chi connectivity index (χ1) is 7.25. The Morgan fingerprint density at radius 3 is 2.67 bits per heavy atom. The van der Waals surface area contributed by atoms with Crippen LogP contribution in [-0.2, 0) is 0 Å². The van der Waals surface area contributed by atoms with Crippen LogP contribution in [0.3, 0.4) is 0 Å². The molecule has 1 saturated heterocycles. The Morgan fingerprint density at radius 2 is 2.13 bits per heavy atom. The summed E-state index contributed by atoms with van der Waals surface area (Å²) in [7, 11) is 0. The third-order valence-electron chi connectivity index (χ3n) is 2.46. The minimum absolute atomic E-state index is 0.137. The van der Waals surface area contributed by atoms with Crippen LogP contribution in [0.2, 0.25) is 0 Å². The quantitative estimate of drug-likeness (QED) is 0.819. The van der Waals surface area contributed by atoms with Gasteiger partial charge in [-0.15, -0.1) is 0 Å². The zero-order chi connectivity index (χ0) is 10.7. The van der Waals surface area contributed by atoms with Crippen molar-refractivity contribution in [1.29, 1.82) is 0 Å². The first kappa shape index (κ1) is 10.4. The molecule has 4 heteroatoms. The van der Waals surface area contributed by atoms with Crippen molar-refractivity contribution in [2.45, 2.75) is 38.8 Å². The molecule has 0 bridgehead atoms. The predicted molar refractivity (Wildman–Crippen MR) is 57.8 cm³/mol. The van der Waals surface area contributed by atoms with E-state index in [0.29, 0.717) is 5.92 Å². The van der Waals surface area contributed by atoms with E-state index in [-0.39, 0.29) is 6.23 Å². The maximum absolute atomic E-state index is 5.67. The lowest BCUT2D eigenvalue weighted by Gasteiger charge is -2.13. The third-order valence-corrected chi connectivity index (χ3v) is 2.46. The minimum atomic E-state index is 0.137. The lowest BCUT2D eigenvalue weighted by Crippen LogP contribution is -2.27. The van der Waals surface area contributed by atoms with Crippen molar-refractivity contribution in [3.8, 4) is 5.75 Å². The average molecular weight is 207 g/mol. The number of rotatable bonds is 3. The van der Waals surface area contributed by atoms with Gasteiger partial charge < -0.3 is 4.74 Å². The van der Waals surface area contributed by atoms with Gasteiger partial charge in [-0.2, -0.15) is 0 Å². The summed E-state index contributed by atoms with van der Waals surface area (Å²) in [6, 6.07) is 0. The van der Waals surface area contributed by atoms with Gasteiger partial charge in [-0.05, 0) is 19.4 Å². The van der Waals surface area contributed by atoms with Crippen LogP contribution in [0.5, 0.6) is 5.75 Å². The summed E-state index contributed by atoms with van der Waals surface area (Å²) in [4.78, 5) is 8.51. The summed E-state index contributed by atoms with van der Waals surface area (Å²) in [6.07, 6.45) is 5.88. The van der Waals surface area contributed by atoms with Crippen molar-refractivity contribution < 1.29 is 4.74 Å². The fourth-order valence-corrected chi connectivity index (χ4v) is 1.60. The SMILES string of the molecule is CC(C)c1ncc(OC2CCCN2)cn1. The Kier molecular flexibility index (Phi) is 3.16. The standard InChI is InChI=1S/C11H17N3O/c1-8(2)11-13-6-9(7-14-11)15-10-4-3-5-12-10/h6-8,10,12H,3-5H2,1-2H3. The van der Waals surface area contributed by atoms with E-state index in [1.807, 2.05) is 0 Å². The van der Waals surface area contributed by atoms with Gasteiger partial charge in [0.25, 0.3) is 0 Å². The molecule has 1 aliphatic rings. The van der Waals surface area contributed by atoms with Crippen molar-refractivity contribution in [2.24, 2.45) is 0 Å². The summed E-state index contributed by atoms with van der Waals surface area (Å²) in [5, 5.41) is 3.26. The molecule has 0 amide bonds. The Bertz CT molecular complexity index is 304. The first-order valence-electron chi connectivity index (χ1n) is 5.47. The molecule has 0 radical (unpaired) electrons. The molecule has 0 aromatic carbocycles. The van der Waals surface area contributed by atoms with E-state index in [1.54, 1.807) is 12.4 Å². The van der Waals surface area contributed by atoms with Crippen molar-refractivity contribution in [1.82, 2.24) is 15.3 Å². The van der Waals surface area contributed by atoms with Crippen LogP contribution < -0.4 is 10.1 Å². The highest BCUT2D eigenvalue weighted by Gasteiger charge is 2.15. The third kappa shape index (κ3) is 2.65. The van der Waals surface area contributed by atoms with E-state index in [2.05, 4.69) is 29.1 Å². The zero-order valence-electron chi connectivity index (χ0n) is 9.23.